The molecule has 0 saturated carbocycles. The zero-order chi connectivity index (χ0) is 37.3. The highest BCUT2D eigenvalue weighted by molar-refractivity contribution is 5.88. The predicted molar refractivity (Wildman–Crippen MR) is 232 cm³/mol. The van der Waals surface area contributed by atoms with Gasteiger partial charge in [0.1, 0.15) is 0 Å². The summed E-state index contributed by atoms with van der Waals surface area (Å²) in [4.78, 5) is 4.92. The first-order valence-corrected chi connectivity index (χ1v) is 19.5. The van der Waals surface area contributed by atoms with Crippen LogP contribution in [0.1, 0.15) is 48.9 Å². The third-order valence-corrected chi connectivity index (χ3v) is 12.4. The molecule has 0 spiro atoms. The Morgan fingerprint density at radius 2 is 1.09 bits per heavy atom. The van der Waals surface area contributed by atoms with E-state index in [-0.39, 0.29) is 16.9 Å². The van der Waals surface area contributed by atoms with Crippen LogP contribution in [-0.4, -0.2) is 5.54 Å². The molecule has 2 nitrogen and oxygen atoms in total. The van der Waals surface area contributed by atoms with Crippen molar-refractivity contribution in [2.24, 2.45) is 0 Å². The number of allylic oxidation sites excluding steroid dienone is 2. The van der Waals surface area contributed by atoms with Gasteiger partial charge in [0.15, 0.2) is 0 Å². The van der Waals surface area contributed by atoms with Crippen molar-refractivity contribution in [3.63, 3.8) is 0 Å². The average Bonchev–Trinajstić information content (AvgIpc) is 3.62. The molecule has 10 rings (SSSR count). The van der Waals surface area contributed by atoms with E-state index in [0.29, 0.717) is 0 Å². The Morgan fingerprint density at radius 1 is 0.509 bits per heavy atom. The molecule has 2 unspecified atom stereocenters. The Kier molecular flexibility index (Phi) is 7.61. The van der Waals surface area contributed by atoms with Gasteiger partial charge in [-0.05, 0) is 131 Å². The molecule has 0 saturated heterocycles. The largest absolute Gasteiger partial charge is 0.331 e. The molecule has 2 aliphatic carbocycles. The minimum absolute atomic E-state index is 0.165. The van der Waals surface area contributed by atoms with Crippen LogP contribution in [-0.2, 0) is 5.41 Å². The summed E-state index contributed by atoms with van der Waals surface area (Å²) in [5.74, 6) is 0.268. The fraction of sp³-hybridized carbons (Fsp3) is 0.132. The molecule has 0 N–H and O–H groups in total. The SMILES string of the molecule is Cc1ccc(N2c3ccc(-c4ccc5c(c4)C(C)(C)c4cc(N(c6ccccc6)c6ccc(-c7ccccc7)cc6)ccc4-5)cc3C3C=CC=CC32C)cc1. The molecule has 0 radical (unpaired) electrons. The zero-order valence-electron chi connectivity index (χ0n) is 31.9. The monoisotopic (exact) mass is 708 g/mol. The molecular weight excluding hydrogens is 665 g/mol. The second kappa shape index (κ2) is 12.6. The quantitative estimate of drug-likeness (QED) is 0.170. The van der Waals surface area contributed by atoms with Gasteiger partial charge in [-0.2, -0.15) is 0 Å². The molecule has 7 aromatic carbocycles. The summed E-state index contributed by atoms with van der Waals surface area (Å²) in [7, 11) is 0. The van der Waals surface area contributed by atoms with Crippen LogP contribution in [0.3, 0.4) is 0 Å². The molecule has 0 amide bonds. The number of aryl methyl sites for hydroxylation is 1. The van der Waals surface area contributed by atoms with E-state index >= 15 is 0 Å². The predicted octanol–water partition coefficient (Wildman–Crippen LogP) is 14.2. The van der Waals surface area contributed by atoms with E-state index in [9.17, 15) is 0 Å². The number of hydrogen-bond acceptors (Lipinski definition) is 2. The summed E-state index contributed by atoms with van der Waals surface area (Å²) in [5, 5.41) is 0. The van der Waals surface area contributed by atoms with Crippen LogP contribution in [0, 0.1) is 6.92 Å². The maximum Gasteiger partial charge on any atom is 0.0712 e. The number of rotatable bonds is 6. The topological polar surface area (TPSA) is 6.48 Å². The molecule has 2 atom stereocenters. The van der Waals surface area contributed by atoms with E-state index in [1.54, 1.807) is 0 Å². The Labute approximate surface area is 325 Å². The van der Waals surface area contributed by atoms with E-state index in [4.69, 9.17) is 0 Å². The second-order valence-corrected chi connectivity index (χ2v) is 16.1. The maximum atomic E-state index is 2.53. The van der Waals surface area contributed by atoms with Crippen LogP contribution in [0.4, 0.5) is 28.4 Å². The lowest BCUT2D eigenvalue weighted by Crippen LogP contribution is -2.41. The van der Waals surface area contributed by atoms with Crippen LogP contribution < -0.4 is 9.80 Å². The smallest absolute Gasteiger partial charge is 0.0712 e. The highest BCUT2D eigenvalue weighted by Gasteiger charge is 2.47. The molecule has 3 aliphatic rings. The number of anilines is 5. The van der Waals surface area contributed by atoms with Crippen molar-refractivity contribution in [2.75, 3.05) is 9.80 Å². The van der Waals surface area contributed by atoms with Crippen molar-refractivity contribution in [3.8, 4) is 33.4 Å². The summed E-state index contributed by atoms with van der Waals surface area (Å²) >= 11 is 0. The van der Waals surface area contributed by atoms with Crippen LogP contribution in [0.15, 0.2) is 188 Å². The third-order valence-electron chi connectivity index (χ3n) is 12.4. The molecule has 55 heavy (non-hydrogen) atoms. The van der Waals surface area contributed by atoms with Gasteiger partial charge in [0.25, 0.3) is 0 Å². The summed E-state index contributed by atoms with van der Waals surface area (Å²) < 4.78 is 0. The number of nitrogens with zero attached hydrogens (tertiary/aromatic N) is 2. The summed E-state index contributed by atoms with van der Waals surface area (Å²) in [6.07, 6.45) is 9.17. The zero-order valence-corrected chi connectivity index (χ0v) is 31.9. The lowest BCUT2D eigenvalue weighted by molar-refractivity contribution is 0.542. The van der Waals surface area contributed by atoms with Gasteiger partial charge in [-0.25, -0.2) is 0 Å². The number of fused-ring (bicyclic) bond motifs is 6. The minimum Gasteiger partial charge on any atom is -0.331 e. The van der Waals surface area contributed by atoms with Crippen LogP contribution in [0.25, 0.3) is 33.4 Å². The Balaban J connectivity index is 1.02. The van der Waals surface area contributed by atoms with Crippen molar-refractivity contribution in [2.45, 2.75) is 44.6 Å². The van der Waals surface area contributed by atoms with Crippen molar-refractivity contribution < 1.29 is 0 Å². The Bertz CT molecular complexity index is 2630. The molecule has 0 aromatic heterocycles. The maximum absolute atomic E-state index is 2.53. The molecule has 1 aliphatic heterocycles. The first kappa shape index (κ1) is 33.2. The van der Waals surface area contributed by atoms with E-state index in [0.717, 1.165) is 17.1 Å². The molecular formula is C53H44N2. The van der Waals surface area contributed by atoms with Crippen molar-refractivity contribution in [1.29, 1.82) is 0 Å². The van der Waals surface area contributed by atoms with Gasteiger partial charge in [0.05, 0.1) is 5.54 Å². The van der Waals surface area contributed by atoms with Crippen molar-refractivity contribution >= 4 is 28.4 Å². The van der Waals surface area contributed by atoms with E-state index in [1.807, 2.05) is 0 Å². The first-order valence-electron chi connectivity index (χ1n) is 19.5. The lowest BCUT2D eigenvalue weighted by Gasteiger charge is -2.39. The third kappa shape index (κ3) is 5.31. The Hall–Kier alpha value is -6.38. The second-order valence-electron chi connectivity index (χ2n) is 16.1. The minimum atomic E-state index is -0.176. The number of para-hydroxylation sites is 1. The Morgan fingerprint density at radius 3 is 1.84 bits per heavy atom. The van der Waals surface area contributed by atoms with Gasteiger partial charge in [0, 0.05) is 39.8 Å². The molecule has 266 valence electrons. The average molecular weight is 709 g/mol. The molecule has 1 heterocycles. The van der Waals surface area contributed by atoms with E-state index < -0.39 is 0 Å². The van der Waals surface area contributed by atoms with Gasteiger partial charge in [-0.1, -0.05) is 141 Å². The van der Waals surface area contributed by atoms with Crippen LogP contribution in [0.5, 0.6) is 0 Å². The van der Waals surface area contributed by atoms with E-state index in [2.05, 4.69) is 226 Å². The summed E-state index contributed by atoms with van der Waals surface area (Å²) in [5.41, 5.74) is 18.6. The fourth-order valence-electron chi connectivity index (χ4n) is 9.42. The summed E-state index contributed by atoms with van der Waals surface area (Å²) in [6, 6.07) is 60.5. The van der Waals surface area contributed by atoms with Crippen molar-refractivity contribution in [3.05, 3.63) is 210 Å². The molecule has 0 bridgehead atoms. The van der Waals surface area contributed by atoms with E-state index in [1.165, 1.54) is 67.0 Å². The standard InChI is InChI=1S/C53H44N2/c1-36-18-24-43(25-19-36)55-51-31-23-39(33-47(51)48-17-11-12-32-53(48,55)4)40-22-29-45-46-30-28-44(35-50(46)52(2,3)49(45)34-40)54(41-15-9-6-10-16-41)42-26-20-38(21-27-42)37-13-7-5-8-14-37/h5-35,48H,1-4H3. The summed E-state index contributed by atoms with van der Waals surface area (Å²) in [6.45, 7) is 9.31. The molecule has 2 heteroatoms. The number of hydrogen-bond donors (Lipinski definition) is 0. The van der Waals surface area contributed by atoms with Crippen LogP contribution >= 0.6 is 0 Å². The normalized spacial score (nSPS) is 18.4. The fourth-order valence-corrected chi connectivity index (χ4v) is 9.42. The number of benzene rings is 7. The van der Waals surface area contributed by atoms with Gasteiger partial charge < -0.3 is 9.80 Å². The molecule has 7 aromatic rings. The lowest BCUT2D eigenvalue weighted by atomic mass is 9.79. The molecule has 0 fully saturated rings. The van der Waals surface area contributed by atoms with Gasteiger partial charge in [0.2, 0.25) is 0 Å². The van der Waals surface area contributed by atoms with Crippen molar-refractivity contribution in [1.82, 2.24) is 0 Å². The van der Waals surface area contributed by atoms with Gasteiger partial charge in [-0.3, -0.25) is 0 Å². The van der Waals surface area contributed by atoms with Gasteiger partial charge in [-0.15, -0.1) is 0 Å². The van der Waals surface area contributed by atoms with Gasteiger partial charge >= 0.3 is 0 Å². The van der Waals surface area contributed by atoms with Crippen LogP contribution in [0.2, 0.25) is 0 Å². The highest BCUT2D eigenvalue weighted by Crippen LogP contribution is 2.56. The first-order chi connectivity index (χ1) is 26.8. The highest BCUT2D eigenvalue weighted by atomic mass is 15.2.